The number of carbonyl (C=O) groups excluding carboxylic acids is 2. The molecule has 2 amide bonds. The van der Waals surface area contributed by atoms with Gasteiger partial charge in [-0.2, -0.15) is 5.26 Å². The number of aryl methyl sites for hydroxylation is 1. The third kappa shape index (κ3) is 4.95. The molecular formula is C26H20ClN3O2S. The number of anilines is 2. The first-order chi connectivity index (χ1) is 16.0. The first-order valence-corrected chi connectivity index (χ1v) is 11.5. The van der Waals surface area contributed by atoms with E-state index in [0.29, 0.717) is 27.8 Å². The molecule has 3 aromatic rings. The zero-order chi connectivity index (χ0) is 23.4. The fourth-order valence-corrected chi connectivity index (χ4v) is 5.00. The van der Waals surface area contributed by atoms with Crippen molar-refractivity contribution in [3.05, 3.63) is 106 Å². The molecule has 0 radical (unpaired) electrons. The van der Waals surface area contributed by atoms with E-state index in [1.165, 1.54) is 16.7 Å². The van der Waals surface area contributed by atoms with E-state index in [-0.39, 0.29) is 11.5 Å². The molecular weight excluding hydrogens is 454 g/mol. The van der Waals surface area contributed by atoms with Crippen LogP contribution >= 0.6 is 23.4 Å². The van der Waals surface area contributed by atoms with E-state index >= 15 is 0 Å². The van der Waals surface area contributed by atoms with Gasteiger partial charge in [-0.05, 0) is 49.2 Å². The number of carbonyl (C=O) groups is 2. The second-order valence-electron chi connectivity index (χ2n) is 7.52. The van der Waals surface area contributed by atoms with Crippen LogP contribution < -0.4 is 10.2 Å². The van der Waals surface area contributed by atoms with Gasteiger partial charge in [-0.1, -0.05) is 77.5 Å². The molecule has 5 nitrogen and oxygen atoms in total. The Bertz CT molecular complexity index is 1270. The molecule has 1 fully saturated rings. The van der Waals surface area contributed by atoms with Crippen molar-refractivity contribution in [2.75, 3.05) is 10.2 Å². The molecule has 0 aliphatic carbocycles. The number of hydrogen-bond acceptors (Lipinski definition) is 4. The van der Waals surface area contributed by atoms with E-state index in [9.17, 15) is 14.9 Å². The molecule has 0 bridgehead atoms. The Morgan fingerprint density at radius 1 is 1.06 bits per heavy atom. The topological polar surface area (TPSA) is 73.2 Å². The monoisotopic (exact) mass is 473 g/mol. The van der Waals surface area contributed by atoms with Crippen molar-refractivity contribution in [3.8, 4) is 6.07 Å². The van der Waals surface area contributed by atoms with Gasteiger partial charge in [0.1, 0.15) is 16.7 Å². The van der Waals surface area contributed by atoms with Gasteiger partial charge in [0.2, 0.25) is 5.91 Å². The number of amides is 2. The fourth-order valence-electron chi connectivity index (χ4n) is 3.49. The number of hydrogen-bond donors (Lipinski definition) is 1. The molecule has 0 unspecified atom stereocenters. The lowest BCUT2D eigenvalue weighted by atomic mass is 10.1. The molecule has 4 rings (SSSR count). The van der Waals surface area contributed by atoms with Crippen molar-refractivity contribution < 1.29 is 9.59 Å². The smallest absolute Gasteiger partial charge is 0.269 e. The molecule has 164 valence electrons. The predicted molar refractivity (Wildman–Crippen MR) is 133 cm³/mol. The highest BCUT2D eigenvalue weighted by Gasteiger charge is 2.41. The lowest BCUT2D eigenvalue weighted by Gasteiger charge is -2.19. The Morgan fingerprint density at radius 2 is 1.73 bits per heavy atom. The Kier molecular flexibility index (Phi) is 6.83. The summed E-state index contributed by atoms with van der Waals surface area (Å²) in [5.74, 6) is -0.756. The van der Waals surface area contributed by atoms with Crippen molar-refractivity contribution >= 4 is 46.6 Å². The Labute approximate surface area is 201 Å². The summed E-state index contributed by atoms with van der Waals surface area (Å²) < 4.78 is 0. The van der Waals surface area contributed by atoms with Gasteiger partial charge in [0.25, 0.3) is 5.91 Å². The molecule has 0 saturated carbocycles. The van der Waals surface area contributed by atoms with Crippen molar-refractivity contribution in [3.63, 3.8) is 0 Å². The summed E-state index contributed by atoms with van der Waals surface area (Å²) in [5, 5.41) is 13.0. The van der Waals surface area contributed by atoms with Crippen LogP contribution in [0, 0.1) is 18.3 Å². The van der Waals surface area contributed by atoms with Crippen LogP contribution in [-0.2, 0) is 16.0 Å². The van der Waals surface area contributed by atoms with Gasteiger partial charge >= 0.3 is 0 Å². The number of thioether (sulfide) groups is 1. The summed E-state index contributed by atoms with van der Waals surface area (Å²) in [7, 11) is 0. The van der Waals surface area contributed by atoms with Crippen molar-refractivity contribution in [1.29, 1.82) is 5.26 Å². The van der Waals surface area contributed by atoms with Crippen LogP contribution in [0.1, 0.15) is 11.1 Å². The average molecular weight is 474 g/mol. The lowest BCUT2D eigenvalue weighted by Crippen LogP contribution is -2.31. The van der Waals surface area contributed by atoms with Crippen LogP contribution in [0.5, 0.6) is 0 Å². The summed E-state index contributed by atoms with van der Waals surface area (Å²) in [6.07, 6.45) is 0.383. The molecule has 1 N–H and O–H groups in total. The zero-order valence-electron chi connectivity index (χ0n) is 17.8. The van der Waals surface area contributed by atoms with Crippen LogP contribution in [0.3, 0.4) is 0 Å². The molecule has 1 aliphatic rings. The maximum Gasteiger partial charge on any atom is 0.269 e. The largest absolute Gasteiger partial charge is 0.321 e. The maximum absolute atomic E-state index is 13.5. The van der Waals surface area contributed by atoms with Crippen molar-refractivity contribution in [2.45, 2.75) is 18.6 Å². The normalized spacial score (nSPS) is 16.9. The molecule has 1 aliphatic heterocycles. The van der Waals surface area contributed by atoms with Crippen LogP contribution in [0.2, 0.25) is 5.02 Å². The Balaban J connectivity index is 1.74. The van der Waals surface area contributed by atoms with E-state index in [4.69, 9.17) is 11.6 Å². The van der Waals surface area contributed by atoms with Gasteiger partial charge in [-0.15, -0.1) is 0 Å². The number of nitrogens with zero attached hydrogens (tertiary/aromatic N) is 2. The molecule has 1 saturated heterocycles. The van der Waals surface area contributed by atoms with Crippen LogP contribution in [0.4, 0.5) is 11.4 Å². The fraction of sp³-hybridized carbons (Fsp3) is 0.115. The first kappa shape index (κ1) is 22.7. The molecule has 33 heavy (non-hydrogen) atoms. The summed E-state index contributed by atoms with van der Waals surface area (Å²) in [6, 6.07) is 25.7. The lowest BCUT2D eigenvalue weighted by molar-refractivity contribution is -0.117. The SMILES string of the molecule is Cc1ccc(N2C(=O)[C@H](Cc3ccccc3Cl)S/C2=C(\C#N)C(=O)Nc2ccccc2)cc1. The predicted octanol–water partition coefficient (Wildman–Crippen LogP) is 5.71. The standard InChI is InChI=1S/C26H20ClN3O2S/c1-17-11-13-20(14-12-17)30-25(32)23(15-18-7-5-6-10-22(18)27)33-26(30)21(16-28)24(31)29-19-8-3-2-4-9-19/h2-14,23H,15H2,1H3,(H,29,31)/b26-21+/t23-/m0/s1. The molecule has 1 atom stereocenters. The highest BCUT2D eigenvalue weighted by Crippen LogP contribution is 2.42. The Hall–Kier alpha value is -3.53. The molecule has 0 aromatic heterocycles. The van der Waals surface area contributed by atoms with Gasteiger partial charge in [-0.25, -0.2) is 0 Å². The third-order valence-electron chi connectivity index (χ3n) is 5.19. The van der Waals surface area contributed by atoms with E-state index in [1.807, 2.05) is 61.5 Å². The number of nitriles is 1. The van der Waals surface area contributed by atoms with Crippen molar-refractivity contribution in [1.82, 2.24) is 0 Å². The van der Waals surface area contributed by atoms with E-state index in [1.54, 1.807) is 30.3 Å². The van der Waals surface area contributed by atoms with Gasteiger partial charge in [0, 0.05) is 16.4 Å². The quantitative estimate of drug-likeness (QED) is 0.380. The highest BCUT2D eigenvalue weighted by molar-refractivity contribution is 8.05. The van der Waals surface area contributed by atoms with Crippen molar-refractivity contribution in [2.24, 2.45) is 0 Å². The Morgan fingerprint density at radius 3 is 2.39 bits per heavy atom. The highest BCUT2D eigenvalue weighted by atomic mass is 35.5. The molecule has 1 heterocycles. The number of halogens is 1. The first-order valence-electron chi connectivity index (χ1n) is 10.3. The summed E-state index contributed by atoms with van der Waals surface area (Å²) in [4.78, 5) is 28.0. The van der Waals surface area contributed by atoms with Gasteiger partial charge < -0.3 is 5.32 Å². The van der Waals surface area contributed by atoms with E-state index in [2.05, 4.69) is 5.32 Å². The maximum atomic E-state index is 13.5. The van der Waals surface area contributed by atoms with E-state index in [0.717, 1.165) is 11.1 Å². The minimum Gasteiger partial charge on any atom is -0.321 e. The second kappa shape index (κ2) is 9.95. The van der Waals surface area contributed by atoms with Gasteiger partial charge in [-0.3, -0.25) is 14.5 Å². The number of para-hydroxylation sites is 1. The summed E-state index contributed by atoms with van der Waals surface area (Å²) in [5.41, 5.74) is 2.94. The third-order valence-corrected chi connectivity index (χ3v) is 6.82. The second-order valence-corrected chi connectivity index (χ2v) is 9.12. The number of rotatable bonds is 5. The van der Waals surface area contributed by atoms with Gasteiger partial charge in [0.05, 0.1) is 5.25 Å². The van der Waals surface area contributed by atoms with Crippen LogP contribution in [0.15, 0.2) is 89.5 Å². The molecule has 3 aromatic carbocycles. The van der Waals surface area contributed by atoms with Gasteiger partial charge in [0.15, 0.2) is 0 Å². The molecule has 7 heteroatoms. The number of benzene rings is 3. The number of nitrogens with one attached hydrogen (secondary N) is 1. The minimum atomic E-state index is -0.561. The summed E-state index contributed by atoms with van der Waals surface area (Å²) >= 11 is 7.54. The van der Waals surface area contributed by atoms with E-state index < -0.39 is 11.2 Å². The summed E-state index contributed by atoms with van der Waals surface area (Å²) in [6.45, 7) is 1.95. The average Bonchev–Trinajstić information content (AvgIpc) is 3.12. The minimum absolute atomic E-state index is 0.112. The molecule has 0 spiro atoms. The van der Waals surface area contributed by atoms with Crippen LogP contribution in [-0.4, -0.2) is 17.1 Å². The van der Waals surface area contributed by atoms with Crippen LogP contribution in [0.25, 0.3) is 0 Å². The zero-order valence-corrected chi connectivity index (χ0v) is 19.4.